The molecule has 184 valence electrons. The number of likely N-dealkylation sites (N-methyl/N-ethyl adjacent to an activating group) is 1. The summed E-state index contributed by atoms with van der Waals surface area (Å²) < 4.78 is 2.40. The van der Waals surface area contributed by atoms with Gasteiger partial charge >= 0.3 is 0 Å². The molecule has 2 aromatic rings. The van der Waals surface area contributed by atoms with Crippen LogP contribution in [-0.2, 0) is 11.3 Å². The molecule has 1 aromatic heterocycles. The number of nitrogens with one attached hydrogen (secondary N) is 1. The minimum atomic E-state index is 0.182. The van der Waals surface area contributed by atoms with Crippen LogP contribution in [0.5, 0.6) is 0 Å². The lowest BCUT2D eigenvalue weighted by atomic mass is 10.1. The van der Waals surface area contributed by atoms with Crippen molar-refractivity contribution >= 4 is 29.4 Å². The van der Waals surface area contributed by atoms with E-state index in [0.717, 1.165) is 52.0 Å². The molecule has 1 aliphatic heterocycles. The predicted octanol–water partition coefficient (Wildman–Crippen LogP) is 5.15. The lowest BCUT2D eigenvalue weighted by Crippen LogP contribution is -2.40. The Morgan fingerprint density at radius 1 is 1.09 bits per heavy atom. The highest BCUT2D eigenvalue weighted by Gasteiger charge is 2.21. The van der Waals surface area contributed by atoms with Crippen LogP contribution in [0, 0.1) is 13.8 Å². The van der Waals surface area contributed by atoms with E-state index in [9.17, 15) is 4.79 Å². The van der Waals surface area contributed by atoms with Crippen molar-refractivity contribution in [1.82, 2.24) is 10.2 Å². The molecular formula is C28H41N4OS+. The van der Waals surface area contributed by atoms with E-state index in [-0.39, 0.29) is 5.91 Å². The zero-order chi connectivity index (χ0) is 24.5. The lowest BCUT2D eigenvalue weighted by molar-refractivity contribution is -0.709. The number of aryl methyl sites for hydroxylation is 2. The van der Waals surface area contributed by atoms with Crippen LogP contribution in [0.1, 0.15) is 56.5 Å². The fourth-order valence-electron chi connectivity index (χ4n) is 4.50. The van der Waals surface area contributed by atoms with Crippen LogP contribution < -0.4 is 14.8 Å². The number of anilines is 1. The summed E-state index contributed by atoms with van der Waals surface area (Å²) in [5.74, 6) is 0.182. The number of nitrogens with zero attached hydrogens (tertiary/aromatic N) is 3. The number of carbonyl (C=O) groups is 1. The van der Waals surface area contributed by atoms with E-state index in [0.29, 0.717) is 6.42 Å². The minimum absolute atomic E-state index is 0.182. The van der Waals surface area contributed by atoms with Gasteiger partial charge in [-0.2, -0.15) is 0 Å². The Bertz CT molecular complexity index is 977. The van der Waals surface area contributed by atoms with E-state index in [1.165, 1.54) is 32.6 Å². The molecule has 34 heavy (non-hydrogen) atoms. The van der Waals surface area contributed by atoms with Crippen LogP contribution >= 0.6 is 11.8 Å². The molecule has 6 heteroatoms. The fraction of sp³-hybridized carbons (Fsp3) is 0.500. The molecule has 0 bridgehead atoms. The van der Waals surface area contributed by atoms with Gasteiger partial charge in [0.1, 0.15) is 6.54 Å². The second-order valence-electron chi connectivity index (χ2n) is 9.02. The molecular weight excluding hydrogens is 440 g/mol. The number of amides is 1. The summed E-state index contributed by atoms with van der Waals surface area (Å²) in [5, 5.41) is 4.31. The summed E-state index contributed by atoms with van der Waals surface area (Å²) >= 11 is 1.83. The van der Waals surface area contributed by atoms with Crippen LogP contribution in [0.3, 0.4) is 0 Å². The Morgan fingerprint density at radius 2 is 1.79 bits per heavy atom. The third-order valence-electron chi connectivity index (χ3n) is 6.59. The van der Waals surface area contributed by atoms with Crippen LogP contribution in [-0.4, -0.2) is 44.0 Å². The van der Waals surface area contributed by atoms with Gasteiger partial charge in [0.2, 0.25) is 5.91 Å². The first kappa shape index (κ1) is 26.3. The van der Waals surface area contributed by atoms with E-state index < -0.39 is 0 Å². The Hall–Kier alpha value is -2.31. The number of fused-ring (bicyclic) bond motifs is 1. The summed E-state index contributed by atoms with van der Waals surface area (Å²) in [6.45, 7) is 13.4. The van der Waals surface area contributed by atoms with Gasteiger partial charge in [0, 0.05) is 63.9 Å². The average molecular weight is 482 g/mol. The maximum atomic E-state index is 12.1. The average Bonchev–Trinajstić information content (AvgIpc) is 3.13. The third-order valence-corrected chi connectivity index (χ3v) is 7.76. The van der Waals surface area contributed by atoms with Gasteiger partial charge < -0.3 is 15.1 Å². The zero-order valence-corrected chi connectivity index (χ0v) is 22.4. The number of hydrogen-bond donors (Lipinski definition) is 1. The standard InChI is InChI=1S/C28H40N4OS/c1-6-31(7-2)18-16-29-27(33)15-9-8-12-17-32-22(3)19-24(20-23(32)4)21-28-30(5)25-13-10-11-14-26(25)34-28/h10-11,13-14,19-21H,6-9,12,15-18H2,1-5H3/p+1. The molecule has 0 unspecified atom stereocenters. The summed E-state index contributed by atoms with van der Waals surface area (Å²) in [4.78, 5) is 18.0. The second-order valence-corrected chi connectivity index (χ2v) is 10.1. The van der Waals surface area contributed by atoms with Gasteiger partial charge in [0.05, 0.1) is 10.7 Å². The van der Waals surface area contributed by atoms with Gasteiger partial charge in [-0.15, -0.1) is 0 Å². The number of hydrogen-bond acceptors (Lipinski definition) is 4. The molecule has 1 amide bonds. The van der Waals surface area contributed by atoms with Crippen molar-refractivity contribution in [2.75, 3.05) is 38.1 Å². The molecule has 1 aromatic carbocycles. The molecule has 5 nitrogen and oxygen atoms in total. The maximum Gasteiger partial charge on any atom is 0.220 e. The van der Waals surface area contributed by atoms with Gasteiger partial charge in [-0.3, -0.25) is 4.79 Å². The van der Waals surface area contributed by atoms with E-state index in [1.807, 2.05) is 11.8 Å². The largest absolute Gasteiger partial charge is 0.355 e. The Morgan fingerprint density at radius 3 is 2.47 bits per heavy atom. The molecule has 0 saturated carbocycles. The molecule has 1 aliphatic rings. The second kappa shape index (κ2) is 13.0. The zero-order valence-electron chi connectivity index (χ0n) is 21.6. The maximum absolute atomic E-state index is 12.1. The molecule has 2 heterocycles. The smallest absolute Gasteiger partial charge is 0.220 e. The topological polar surface area (TPSA) is 39.5 Å². The molecule has 0 spiro atoms. The summed E-state index contributed by atoms with van der Waals surface area (Å²) in [6, 6.07) is 13.1. The molecule has 0 radical (unpaired) electrons. The first-order valence-corrected chi connectivity index (χ1v) is 13.5. The van der Waals surface area contributed by atoms with Crippen LogP contribution in [0.2, 0.25) is 0 Å². The SMILES string of the molecule is CCN(CC)CCNC(=O)CCCCC[n+]1c(C)cc(C=C2Sc3ccccc3N2C)cc1C. The van der Waals surface area contributed by atoms with Crippen molar-refractivity contribution in [2.24, 2.45) is 0 Å². The van der Waals surface area contributed by atoms with Crippen LogP contribution in [0.25, 0.3) is 6.08 Å². The summed E-state index contributed by atoms with van der Waals surface area (Å²) in [6.07, 6.45) is 6.02. The molecule has 0 atom stereocenters. The van der Waals surface area contributed by atoms with E-state index >= 15 is 0 Å². The number of rotatable bonds is 12. The molecule has 0 fully saturated rings. The first-order valence-electron chi connectivity index (χ1n) is 12.6. The number of para-hydroxylation sites is 1. The Balaban J connectivity index is 1.45. The highest BCUT2D eigenvalue weighted by molar-refractivity contribution is 8.03. The van der Waals surface area contributed by atoms with Gasteiger partial charge in [-0.05, 0) is 49.7 Å². The monoisotopic (exact) mass is 481 g/mol. The predicted molar refractivity (Wildman–Crippen MR) is 144 cm³/mol. The van der Waals surface area contributed by atoms with Gasteiger partial charge in [-0.25, -0.2) is 4.57 Å². The van der Waals surface area contributed by atoms with Crippen LogP contribution in [0.4, 0.5) is 5.69 Å². The first-order chi connectivity index (χ1) is 16.4. The molecule has 3 rings (SSSR count). The number of pyridine rings is 1. The lowest BCUT2D eigenvalue weighted by Gasteiger charge is -2.17. The molecule has 0 aliphatic carbocycles. The quantitative estimate of drug-likeness (QED) is 0.336. The van der Waals surface area contributed by atoms with Crippen LogP contribution in [0.15, 0.2) is 46.3 Å². The Kier molecular flexibility index (Phi) is 10.0. The van der Waals surface area contributed by atoms with Crippen molar-refractivity contribution < 1.29 is 9.36 Å². The van der Waals surface area contributed by atoms with Gasteiger partial charge in [0.15, 0.2) is 11.4 Å². The van der Waals surface area contributed by atoms with Gasteiger partial charge in [0.25, 0.3) is 0 Å². The van der Waals surface area contributed by atoms with Crippen molar-refractivity contribution in [1.29, 1.82) is 0 Å². The van der Waals surface area contributed by atoms with E-state index in [1.54, 1.807) is 0 Å². The van der Waals surface area contributed by atoms with Gasteiger partial charge in [-0.1, -0.05) is 37.7 Å². The highest BCUT2D eigenvalue weighted by Crippen LogP contribution is 2.45. The minimum Gasteiger partial charge on any atom is -0.355 e. The van der Waals surface area contributed by atoms with Crippen molar-refractivity contribution in [3.63, 3.8) is 0 Å². The summed E-state index contributed by atoms with van der Waals surface area (Å²) in [7, 11) is 2.14. The van der Waals surface area contributed by atoms with Crippen molar-refractivity contribution in [3.8, 4) is 0 Å². The normalized spacial score (nSPS) is 14.2. The van der Waals surface area contributed by atoms with Crippen molar-refractivity contribution in [3.05, 3.63) is 58.4 Å². The fourth-order valence-corrected chi connectivity index (χ4v) is 5.61. The van der Waals surface area contributed by atoms with E-state index in [2.05, 4.69) is 96.9 Å². The Labute approximate surface area is 210 Å². The number of unbranched alkanes of at least 4 members (excludes halogenated alkanes) is 2. The molecule has 0 saturated heterocycles. The summed E-state index contributed by atoms with van der Waals surface area (Å²) in [5.41, 5.74) is 5.08. The number of carbonyl (C=O) groups excluding carboxylic acids is 1. The van der Waals surface area contributed by atoms with E-state index in [4.69, 9.17) is 0 Å². The highest BCUT2D eigenvalue weighted by atomic mass is 32.2. The number of benzene rings is 1. The number of aromatic nitrogens is 1. The van der Waals surface area contributed by atoms with Crippen molar-refractivity contribution in [2.45, 2.75) is 64.8 Å². The third kappa shape index (κ3) is 7.09. The number of thioether (sulfide) groups is 1. The molecule has 1 N–H and O–H groups in total.